The van der Waals surface area contributed by atoms with E-state index in [1.54, 1.807) is 0 Å². The quantitative estimate of drug-likeness (QED) is 0.568. The number of quaternary nitrogens is 1. The van der Waals surface area contributed by atoms with Crippen LogP contribution in [-0.2, 0) is 12.1 Å². The van der Waals surface area contributed by atoms with Gasteiger partial charge in [-0.2, -0.15) is 0 Å². The maximum Gasteiger partial charge on any atom is 0.121 e. The first-order chi connectivity index (χ1) is 14.6. The molecule has 2 nitrogen and oxygen atoms in total. The molecule has 0 saturated carbocycles. The van der Waals surface area contributed by atoms with Crippen LogP contribution in [0.2, 0.25) is 0 Å². The standard InChI is InChI=1S/C28H32NO/c1-23-12-14-24(15-13-23)22-29-19-16-27(17-20-29,18-21-29)28(30,25-8-4-2-5-9-25)26-10-6-3-7-11-26/h2-15,30H,16-22H2,1H3/q+1. The lowest BCUT2D eigenvalue weighted by atomic mass is 9.56. The van der Waals surface area contributed by atoms with Crippen LogP contribution in [0, 0.1) is 12.3 Å². The van der Waals surface area contributed by atoms with Crippen LogP contribution in [0.1, 0.15) is 41.5 Å². The lowest BCUT2D eigenvalue weighted by Gasteiger charge is -2.60. The summed E-state index contributed by atoms with van der Waals surface area (Å²) in [6.45, 7) is 6.72. The molecule has 3 aromatic carbocycles. The van der Waals surface area contributed by atoms with Crippen molar-refractivity contribution >= 4 is 0 Å². The van der Waals surface area contributed by atoms with E-state index in [0.29, 0.717) is 0 Å². The van der Waals surface area contributed by atoms with Gasteiger partial charge in [0.05, 0.1) is 19.6 Å². The Morgan fingerprint density at radius 3 is 1.67 bits per heavy atom. The highest BCUT2D eigenvalue weighted by Crippen LogP contribution is 2.57. The van der Waals surface area contributed by atoms with Crippen LogP contribution in [0.15, 0.2) is 84.9 Å². The second-order valence-corrected chi connectivity index (χ2v) is 9.63. The number of fused-ring (bicyclic) bond motifs is 3. The highest BCUT2D eigenvalue weighted by molar-refractivity contribution is 5.39. The van der Waals surface area contributed by atoms with Crippen molar-refractivity contribution in [1.29, 1.82) is 0 Å². The summed E-state index contributed by atoms with van der Waals surface area (Å²) in [7, 11) is 0. The fourth-order valence-electron chi connectivity index (χ4n) is 6.06. The van der Waals surface area contributed by atoms with Crippen molar-refractivity contribution in [3.8, 4) is 0 Å². The molecule has 2 bridgehead atoms. The summed E-state index contributed by atoms with van der Waals surface area (Å²) in [5, 5.41) is 12.5. The first-order valence-electron chi connectivity index (χ1n) is 11.3. The molecule has 0 amide bonds. The molecule has 30 heavy (non-hydrogen) atoms. The van der Waals surface area contributed by atoms with Gasteiger partial charge in [0.15, 0.2) is 0 Å². The molecule has 0 unspecified atom stereocenters. The number of hydrogen-bond acceptors (Lipinski definition) is 1. The van der Waals surface area contributed by atoms with Gasteiger partial charge in [-0.3, -0.25) is 0 Å². The summed E-state index contributed by atoms with van der Waals surface area (Å²) >= 11 is 0. The number of benzene rings is 3. The summed E-state index contributed by atoms with van der Waals surface area (Å²) in [4.78, 5) is 0. The zero-order chi connectivity index (χ0) is 20.7. The van der Waals surface area contributed by atoms with Crippen molar-refractivity contribution in [2.75, 3.05) is 19.6 Å². The molecular weight excluding hydrogens is 366 g/mol. The van der Waals surface area contributed by atoms with Crippen molar-refractivity contribution in [2.24, 2.45) is 5.41 Å². The number of aryl methyl sites for hydroxylation is 1. The first kappa shape index (κ1) is 19.5. The lowest BCUT2D eigenvalue weighted by molar-refractivity contribution is -0.958. The summed E-state index contributed by atoms with van der Waals surface area (Å²) < 4.78 is 1.17. The first-order valence-corrected chi connectivity index (χ1v) is 11.3. The number of piperidine rings is 3. The van der Waals surface area contributed by atoms with Gasteiger partial charge in [0, 0.05) is 30.2 Å². The molecular formula is C28H32NO+. The van der Waals surface area contributed by atoms with Crippen molar-refractivity contribution in [3.63, 3.8) is 0 Å². The van der Waals surface area contributed by atoms with E-state index in [9.17, 15) is 5.11 Å². The Morgan fingerprint density at radius 1 is 0.733 bits per heavy atom. The van der Waals surface area contributed by atoms with E-state index in [1.807, 2.05) is 12.1 Å². The molecule has 6 rings (SSSR count). The molecule has 3 aliphatic heterocycles. The number of nitrogens with zero attached hydrogens (tertiary/aromatic N) is 1. The van der Waals surface area contributed by atoms with Gasteiger partial charge in [-0.05, 0) is 18.1 Å². The van der Waals surface area contributed by atoms with E-state index in [2.05, 4.69) is 79.7 Å². The maximum absolute atomic E-state index is 12.5. The molecule has 0 spiro atoms. The van der Waals surface area contributed by atoms with Gasteiger partial charge < -0.3 is 9.59 Å². The summed E-state index contributed by atoms with van der Waals surface area (Å²) in [6, 6.07) is 29.8. The van der Waals surface area contributed by atoms with Gasteiger partial charge in [0.2, 0.25) is 0 Å². The third kappa shape index (κ3) is 3.10. The molecule has 0 aliphatic carbocycles. The Labute approximate surface area is 180 Å². The number of hydrogen-bond donors (Lipinski definition) is 1. The fourth-order valence-corrected chi connectivity index (χ4v) is 6.06. The van der Waals surface area contributed by atoms with Gasteiger partial charge in [-0.15, -0.1) is 0 Å². The Balaban J connectivity index is 1.47. The zero-order valence-corrected chi connectivity index (χ0v) is 17.9. The van der Waals surface area contributed by atoms with Crippen LogP contribution in [-0.4, -0.2) is 29.2 Å². The molecule has 154 valence electrons. The summed E-state index contributed by atoms with van der Waals surface area (Å²) in [6.07, 6.45) is 3.21. The average molecular weight is 399 g/mol. The Morgan fingerprint density at radius 2 is 1.20 bits per heavy atom. The molecule has 0 aromatic heterocycles. The van der Waals surface area contributed by atoms with Gasteiger partial charge in [-0.1, -0.05) is 90.5 Å². The molecule has 3 heterocycles. The zero-order valence-electron chi connectivity index (χ0n) is 17.9. The van der Waals surface area contributed by atoms with Crippen LogP contribution in [0.3, 0.4) is 0 Å². The SMILES string of the molecule is Cc1ccc(C[N+]23CCC(C(O)(c4ccccc4)c4ccccc4)(CC2)CC3)cc1. The van der Waals surface area contributed by atoms with E-state index in [0.717, 1.165) is 56.6 Å². The number of rotatable bonds is 5. The fraction of sp³-hybridized carbons (Fsp3) is 0.357. The molecule has 3 fully saturated rings. The van der Waals surface area contributed by atoms with E-state index in [4.69, 9.17) is 0 Å². The smallest absolute Gasteiger partial charge is 0.121 e. The molecule has 3 saturated heterocycles. The molecule has 0 radical (unpaired) electrons. The molecule has 0 atom stereocenters. The topological polar surface area (TPSA) is 20.2 Å². The minimum atomic E-state index is -0.935. The van der Waals surface area contributed by atoms with E-state index in [-0.39, 0.29) is 5.41 Å². The largest absolute Gasteiger partial charge is 0.380 e. The van der Waals surface area contributed by atoms with Crippen molar-refractivity contribution in [1.82, 2.24) is 0 Å². The van der Waals surface area contributed by atoms with Gasteiger partial charge in [0.25, 0.3) is 0 Å². The van der Waals surface area contributed by atoms with Gasteiger partial charge in [-0.25, -0.2) is 0 Å². The van der Waals surface area contributed by atoms with Crippen molar-refractivity contribution in [3.05, 3.63) is 107 Å². The Hall–Kier alpha value is -2.42. The normalized spacial score (nSPS) is 25.9. The van der Waals surface area contributed by atoms with Gasteiger partial charge in [0.1, 0.15) is 12.1 Å². The molecule has 1 N–H and O–H groups in total. The highest BCUT2D eigenvalue weighted by atomic mass is 16.3. The van der Waals surface area contributed by atoms with Crippen LogP contribution in [0.25, 0.3) is 0 Å². The van der Waals surface area contributed by atoms with Crippen molar-refractivity contribution in [2.45, 2.75) is 38.3 Å². The van der Waals surface area contributed by atoms with E-state index in [1.165, 1.54) is 15.6 Å². The van der Waals surface area contributed by atoms with Crippen molar-refractivity contribution < 1.29 is 9.59 Å². The van der Waals surface area contributed by atoms with Crippen LogP contribution in [0.5, 0.6) is 0 Å². The predicted molar refractivity (Wildman–Crippen MR) is 122 cm³/mol. The third-order valence-electron chi connectivity index (χ3n) is 7.98. The average Bonchev–Trinajstić information content (AvgIpc) is 2.82. The van der Waals surface area contributed by atoms with Crippen LogP contribution < -0.4 is 0 Å². The minimum absolute atomic E-state index is 0.0943. The Bertz CT molecular complexity index is 930. The minimum Gasteiger partial charge on any atom is -0.380 e. The lowest BCUT2D eigenvalue weighted by Crippen LogP contribution is -2.66. The molecule has 3 aliphatic rings. The second-order valence-electron chi connectivity index (χ2n) is 9.63. The van der Waals surface area contributed by atoms with Gasteiger partial charge >= 0.3 is 0 Å². The molecule has 2 heteroatoms. The van der Waals surface area contributed by atoms with E-state index < -0.39 is 5.60 Å². The highest BCUT2D eigenvalue weighted by Gasteiger charge is 2.60. The monoisotopic (exact) mass is 398 g/mol. The Kier molecular flexibility index (Phi) is 4.80. The molecule has 3 aromatic rings. The van der Waals surface area contributed by atoms with Crippen LogP contribution >= 0.6 is 0 Å². The van der Waals surface area contributed by atoms with Crippen LogP contribution in [0.4, 0.5) is 0 Å². The summed E-state index contributed by atoms with van der Waals surface area (Å²) in [5.74, 6) is 0. The maximum atomic E-state index is 12.5. The third-order valence-corrected chi connectivity index (χ3v) is 7.98. The number of aliphatic hydroxyl groups is 1. The van der Waals surface area contributed by atoms with E-state index >= 15 is 0 Å². The summed E-state index contributed by atoms with van der Waals surface area (Å²) in [5.41, 5.74) is 3.81. The second kappa shape index (κ2) is 7.37. The predicted octanol–water partition coefficient (Wildman–Crippen LogP) is 5.43.